The minimum absolute atomic E-state index is 0.0711. The van der Waals surface area contributed by atoms with Crippen molar-refractivity contribution in [2.75, 3.05) is 7.11 Å². The molecule has 0 spiro atoms. The van der Waals surface area contributed by atoms with E-state index >= 15 is 0 Å². The van der Waals surface area contributed by atoms with Gasteiger partial charge in [0, 0.05) is 33.8 Å². The van der Waals surface area contributed by atoms with Gasteiger partial charge in [0.25, 0.3) is 0 Å². The Balaban J connectivity index is 1.79. The molecular formula is C25H25BrN2O2. The largest absolute Gasteiger partial charge is 0.508 e. The van der Waals surface area contributed by atoms with E-state index in [-0.39, 0.29) is 18.0 Å². The van der Waals surface area contributed by atoms with Crippen LogP contribution in [0.1, 0.15) is 47.8 Å². The van der Waals surface area contributed by atoms with Crippen molar-refractivity contribution < 1.29 is 9.84 Å². The van der Waals surface area contributed by atoms with Gasteiger partial charge < -0.3 is 9.84 Å². The number of phenols is 1. The maximum Gasteiger partial charge on any atom is 0.130 e. The van der Waals surface area contributed by atoms with Crippen molar-refractivity contribution in [3.63, 3.8) is 0 Å². The number of phenolic OH excluding ortho intramolecular Hbond substituents is 1. The van der Waals surface area contributed by atoms with Gasteiger partial charge >= 0.3 is 0 Å². The maximum atomic E-state index is 10.5. The van der Waals surface area contributed by atoms with Gasteiger partial charge in [-0.05, 0) is 41.8 Å². The normalized spacial score (nSPS) is 18.7. The van der Waals surface area contributed by atoms with E-state index in [0.717, 1.165) is 39.0 Å². The van der Waals surface area contributed by atoms with E-state index in [0.29, 0.717) is 6.42 Å². The lowest BCUT2D eigenvalue weighted by atomic mass is 9.93. The van der Waals surface area contributed by atoms with E-state index in [9.17, 15) is 5.11 Å². The Morgan fingerprint density at radius 1 is 1.07 bits per heavy atom. The average molecular weight is 465 g/mol. The van der Waals surface area contributed by atoms with Gasteiger partial charge in [0.05, 0.1) is 7.11 Å². The SMILES string of the molecule is CCc1ccc(C2=N[C@@H](c3cc(Br)ccc3OC)N[C@H](c3ccccc3O)C2)cc1. The van der Waals surface area contributed by atoms with Crippen LogP contribution < -0.4 is 10.1 Å². The van der Waals surface area contributed by atoms with Crippen molar-refractivity contribution in [1.29, 1.82) is 0 Å². The molecule has 0 amide bonds. The predicted octanol–water partition coefficient (Wildman–Crippen LogP) is 5.95. The van der Waals surface area contributed by atoms with Gasteiger partial charge in [-0.2, -0.15) is 0 Å². The molecule has 5 heteroatoms. The van der Waals surface area contributed by atoms with Crippen LogP contribution in [0.4, 0.5) is 0 Å². The molecule has 3 aromatic carbocycles. The maximum absolute atomic E-state index is 10.5. The third-order valence-electron chi connectivity index (χ3n) is 5.54. The second-order valence-electron chi connectivity index (χ2n) is 7.40. The predicted molar refractivity (Wildman–Crippen MR) is 124 cm³/mol. The summed E-state index contributed by atoms with van der Waals surface area (Å²) in [5.41, 5.74) is 5.24. The number of hydrogen-bond acceptors (Lipinski definition) is 4. The molecule has 0 fully saturated rings. The van der Waals surface area contributed by atoms with E-state index < -0.39 is 0 Å². The van der Waals surface area contributed by atoms with Gasteiger partial charge in [0.2, 0.25) is 0 Å². The van der Waals surface area contributed by atoms with E-state index in [2.05, 4.69) is 52.4 Å². The summed E-state index contributed by atoms with van der Waals surface area (Å²) in [5, 5.41) is 14.1. The highest BCUT2D eigenvalue weighted by atomic mass is 79.9. The van der Waals surface area contributed by atoms with E-state index in [1.165, 1.54) is 5.56 Å². The summed E-state index contributed by atoms with van der Waals surface area (Å²) in [5.74, 6) is 1.07. The molecule has 0 aliphatic carbocycles. The molecular weight excluding hydrogens is 440 g/mol. The first-order valence-electron chi connectivity index (χ1n) is 10.1. The number of aliphatic imine (C=N–C) groups is 1. The number of halogens is 1. The summed E-state index contributed by atoms with van der Waals surface area (Å²) in [7, 11) is 1.67. The van der Waals surface area contributed by atoms with Gasteiger partial charge in [-0.1, -0.05) is 65.3 Å². The van der Waals surface area contributed by atoms with Gasteiger partial charge in [-0.3, -0.25) is 10.3 Å². The third kappa shape index (κ3) is 4.27. The number of para-hydroxylation sites is 1. The Hall–Kier alpha value is -2.63. The Bertz CT molecular complexity index is 1060. The molecule has 1 aliphatic heterocycles. The number of aromatic hydroxyl groups is 1. The summed E-state index contributed by atoms with van der Waals surface area (Å²) in [4.78, 5) is 5.06. The highest BCUT2D eigenvalue weighted by Gasteiger charge is 2.29. The molecule has 4 nitrogen and oxygen atoms in total. The minimum Gasteiger partial charge on any atom is -0.508 e. The third-order valence-corrected chi connectivity index (χ3v) is 6.03. The van der Waals surface area contributed by atoms with Crippen LogP contribution in [0.2, 0.25) is 0 Å². The molecule has 0 radical (unpaired) electrons. The first-order valence-corrected chi connectivity index (χ1v) is 10.9. The highest BCUT2D eigenvalue weighted by molar-refractivity contribution is 9.10. The fraction of sp³-hybridized carbons (Fsp3) is 0.240. The van der Waals surface area contributed by atoms with Crippen LogP contribution in [0.5, 0.6) is 11.5 Å². The standard InChI is InChI=1S/C25H25BrN2O2/c1-3-16-8-10-17(11-9-16)21-15-22(19-6-4-5-7-23(19)29)28-25(27-21)20-14-18(26)12-13-24(20)30-2/h4-14,22,25,28-29H,3,15H2,1-2H3/t22-,25+/m0/s1. The van der Waals surface area contributed by atoms with Crippen molar-refractivity contribution in [3.05, 3.63) is 93.5 Å². The highest BCUT2D eigenvalue weighted by Crippen LogP contribution is 2.37. The summed E-state index contributed by atoms with van der Waals surface area (Å²) in [6, 6.07) is 21.9. The summed E-state index contributed by atoms with van der Waals surface area (Å²) < 4.78 is 6.58. The van der Waals surface area contributed by atoms with Crippen LogP contribution in [0.3, 0.4) is 0 Å². The lowest BCUT2D eigenvalue weighted by molar-refractivity contribution is 0.381. The molecule has 2 N–H and O–H groups in total. The Labute approximate surface area is 185 Å². The van der Waals surface area contributed by atoms with Gasteiger partial charge in [-0.25, -0.2) is 0 Å². The topological polar surface area (TPSA) is 53.8 Å². The lowest BCUT2D eigenvalue weighted by Crippen LogP contribution is -2.33. The first-order chi connectivity index (χ1) is 14.6. The Morgan fingerprint density at radius 3 is 2.53 bits per heavy atom. The molecule has 0 saturated carbocycles. The number of nitrogens with one attached hydrogen (secondary N) is 1. The van der Waals surface area contributed by atoms with Gasteiger partial charge in [0.1, 0.15) is 17.7 Å². The molecule has 0 saturated heterocycles. The molecule has 2 atom stereocenters. The molecule has 0 aromatic heterocycles. The molecule has 154 valence electrons. The van der Waals surface area contributed by atoms with Gasteiger partial charge in [0.15, 0.2) is 0 Å². The van der Waals surface area contributed by atoms with Crippen molar-refractivity contribution in [1.82, 2.24) is 5.32 Å². The van der Waals surface area contributed by atoms with E-state index in [1.54, 1.807) is 13.2 Å². The number of aryl methyl sites for hydroxylation is 1. The monoisotopic (exact) mass is 464 g/mol. The number of nitrogens with zero attached hydrogens (tertiary/aromatic N) is 1. The van der Waals surface area contributed by atoms with Crippen LogP contribution >= 0.6 is 15.9 Å². The van der Waals surface area contributed by atoms with Gasteiger partial charge in [-0.15, -0.1) is 0 Å². The van der Waals surface area contributed by atoms with Crippen LogP contribution in [0.25, 0.3) is 0 Å². The zero-order chi connectivity index (χ0) is 21.1. The number of rotatable bonds is 5. The molecule has 4 rings (SSSR count). The van der Waals surface area contributed by atoms with Crippen LogP contribution in [0, 0.1) is 0 Å². The second-order valence-corrected chi connectivity index (χ2v) is 8.31. The smallest absolute Gasteiger partial charge is 0.130 e. The Morgan fingerprint density at radius 2 is 1.83 bits per heavy atom. The van der Waals surface area contributed by atoms with Crippen molar-refractivity contribution in [2.45, 2.75) is 32.0 Å². The van der Waals surface area contributed by atoms with E-state index in [1.807, 2.05) is 36.4 Å². The number of ether oxygens (including phenoxy) is 1. The molecule has 30 heavy (non-hydrogen) atoms. The Kier molecular flexibility index (Phi) is 6.21. The number of benzene rings is 3. The zero-order valence-corrected chi connectivity index (χ0v) is 18.7. The lowest BCUT2D eigenvalue weighted by Gasteiger charge is -2.31. The summed E-state index contributed by atoms with van der Waals surface area (Å²) in [6.45, 7) is 2.15. The first kappa shape index (κ1) is 20.6. The zero-order valence-electron chi connectivity index (χ0n) is 17.1. The van der Waals surface area contributed by atoms with Crippen LogP contribution in [-0.2, 0) is 6.42 Å². The molecule has 1 aliphatic rings. The van der Waals surface area contributed by atoms with Crippen molar-refractivity contribution >= 4 is 21.6 Å². The number of methoxy groups -OCH3 is 1. The molecule has 0 unspecified atom stereocenters. The van der Waals surface area contributed by atoms with E-state index in [4.69, 9.17) is 9.73 Å². The van der Waals surface area contributed by atoms with Crippen LogP contribution in [-0.4, -0.2) is 17.9 Å². The average Bonchev–Trinajstić information content (AvgIpc) is 2.79. The molecule has 1 heterocycles. The molecule has 3 aromatic rings. The molecule has 0 bridgehead atoms. The minimum atomic E-state index is -0.295. The number of hydrogen-bond donors (Lipinski definition) is 2. The van der Waals surface area contributed by atoms with Crippen molar-refractivity contribution in [2.24, 2.45) is 4.99 Å². The fourth-order valence-corrected chi connectivity index (χ4v) is 4.25. The second kappa shape index (κ2) is 9.02. The summed E-state index contributed by atoms with van der Waals surface area (Å²) in [6.07, 6.45) is 1.40. The van der Waals surface area contributed by atoms with Crippen LogP contribution in [0.15, 0.2) is 76.2 Å². The fourth-order valence-electron chi connectivity index (χ4n) is 3.87. The summed E-state index contributed by atoms with van der Waals surface area (Å²) >= 11 is 3.57. The quantitative estimate of drug-likeness (QED) is 0.490. The van der Waals surface area contributed by atoms with Crippen molar-refractivity contribution in [3.8, 4) is 11.5 Å².